The average Bonchev–Trinajstić information content (AvgIpc) is 2.46. The van der Waals surface area contributed by atoms with E-state index in [-0.39, 0.29) is 12.4 Å². The lowest BCUT2D eigenvalue weighted by atomic mass is 10.0. The predicted octanol–water partition coefficient (Wildman–Crippen LogP) is 2.98. The molecule has 0 amide bonds. The van der Waals surface area contributed by atoms with Crippen LogP contribution < -0.4 is 5.32 Å². The number of rotatable bonds is 5. The number of benzene rings is 2. The minimum atomic E-state index is -0.0939. The van der Waals surface area contributed by atoms with Gasteiger partial charge in [0.2, 0.25) is 0 Å². The van der Waals surface area contributed by atoms with Gasteiger partial charge in [-0.05, 0) is 18.2 Å². The van der Waals surface area contributed by atoms with Crippen LogP contribution in [-0.4, -0.2) is 24.0 Å². The fraction of sp³-hybridized carbons (Fsp3) is 0.133. The summed E-state index contributed by atoms with van der Waals surface area (Å²) in [5, 5.41) is 12.4. The smallest absolute Gasteiger partial charge is 0.195 e. The van der Waals surface area contributed by atoms with Crippen molar-refractivity contribution in [2.75, 3.05) is 18.5 Å². The molecule has 98 valence electrons. The van der Waals surface area contributed by atoms with E-state index in [4.69, 9.17) is 16.7 Å². The maximum absolute atomic E-state index is 12.4. The molecular formula is C15H14ClNO2. The molecule has 2 aromatic rings. The quantitative estimate of drug-likeness (QED) is 0.825. The Morgan fingerprint density at radius 3 is 2.58 bits per heavy atom. The summed E-state index contributed by atoms with van der Waals surface area (Å²) >= 11 is 5.95. The molecule has 0 fully saturated rings. The molecule has 0 heterocycles. The standard InChI is InChI=1S/C15H14ClNO2/c16-12-6-7-14(17-8-9-18)13(10-12)15(19)11-4-2-1-3-5-11/h1-7,10,17-18H,8-9H2. The van der Waals surface area contributed by atoms with E-state index in [9.17, 15) is 4.79 Å². The number of hydrogen-bond donors (Lipinski definition) is 2. The minimum Gasteiger partial charge on any atom is -0.395 e. The molecule has 3 nitrogen and oxygen atoms in total. The highest BCUT2D eigenvalue weighted by Gasteiger charge is 2.13. The maximum Gasteiger partial charge on any atom is 0.195 e. The van der Waals surface area contributed by atoms with Gasteiger partial charge in [0.1, 0.15) is 0 Å². The van der Waals surface area contributed by atoms with Crippen LogP contribution in [0.2, 0.25) is 5.02 Å². The number of aliphatic hydroxyl groups is 1. The van der Waals surface area contributed by atoms with Crippen LogP contribution in [0.5, 0.6) is 0 Å². The number of hydrogen-bond acceptors (Lipinski definition) is 3. The molecule has 0 atom stereocenters. The number of aliphatic hydroxyl groups excluding tert-OH is 1. The normalized spacial score (nSPS) is 10.2. The Labute approximate surface area is 116 Å². The molecule has 0 bridgehead atoms. The molecule has 4 heteroatoms. The molecule has 0 saturated carbocycles. The van der Waals surface area contributed by atoms with Gasteiger partial charge in [0, 0.05) is 28.4 Å². The van der Waals surface area contributed by atoms with Crippen LogP contribution in [-0.2, 0) is 0 Å². The molecule has 0 radical (unpaired) electrons. The highest BCUT2D eigenvalue weighted by molar-refractivity contribution is 6.31. The van der Waals surface area contributed by atoms with E-state index < -0.39 is 0 Å². The Bertz CT molecular complexity index is 570. The van der Waals surface area contributed by atoms with Gasteiger partial charge in [-0.1, -0.05) is 41.9 Å². The third-order valence-electron chi connectivity index (χ3n) is 2.69. The fourth-order valence-corrected chi connectivity index (χ4v) is 1.97. The van der Waals surface area contributed by atoms with Gasteiger partial charge in [-0.15, -0.1) is 0 Å². The average molecular weight is 276 g/mol. The van der Waals surface area contributed by atoms with Crippen LogP contribution in [0.4, 0.5) is 5.69 Å². The zero-order chi connectivity index (χ0) is 13.7. The zero-order valence-corrected chi connectivity index (χ0v) is 11.0. The summed E-state index contributed by atoms with van der Waals surface area (Å²) in [5.74, 6) is -0.0939. The number of nitrogens with one attached hydrogen (secondary N) is 1. The Kier molecular flexibility index (Phi) is 4.55. The van der Waals surface area contributed by atoms with E-state index >= 15 is 0 Å². The summed E-state index contributed by atoms with van der Waals surface area (Å²) in [5.41, 5.74) is 1.79. The van der Waals surface area contributed by atoms with Crippen molar-refractivity contribution < 1.29 is 9.90 Å². The third kappa shape index (κ3) is 3.34. The maximum atomic E-state index is 12.4. The Morgan fingerprint density at radius 1 is 1.16 bits per heavy atom. The van der Waals surface area contributed by atoms with E-state index in [1.807, 2.05) is 18.2 Å². The fourth-order valence-electron chi connectivity index (χ4n) is 1.79. The summed E-state index contributed by atoms with van der Waals surface area (Å²) in [6.07, 6.45) is 0. The van der Waals surface area contributed by atoms with Crippen LogP contribution in [0.3, 0.4) is 0 Å². The van der Waals surface area contributed by atoms with Crippen molar-refractivity contribution in [3.63, 3.8) is 0 Å². The summed E-state index contributed by atoms with van der Waals surface area (Å²) in [4.78, 5) is 12.4. The van der Waals surface area contributed by atoms with Crippen molar-refractivity contribution in [1.29, 1.82) is 0 Å². The van der Waals surface area contributed by atoms with Crippen LogP contribution in [0.25, 0.3) is 0 Å². The Morgan fingerprint density at radius 2 is 1.89 bits per heavy atom. The van der Waals surface area contributed by atoms with Gasteiger partial charge in [0.25, 0.3) is 0 Å². The van der Waals surface area contributed by atoms with Crippen molar-refractivity contribution in [2.24, 2.45) is 0 Å². The summed E-state index contributed by atoms with van der Waals surface area (Å²) in [6.45, 7) is 0.387. The molecular weight excluding hydrogens is 262 g/mol. The summed E-state index contributed by atoms with van der Waals surface area (Å²) in [7, 11) is 0. The lowest BCUT2D eigenvalue weighted by Crippen LogP contribution is -2.11. The number of ketones is 1. The van der Waals surface area contributed by atoms with Crippen LogP contribution in [0.15, 0.2) is 48.5 Å². The molecule has 2 N–H and O–H groups in total. The molecule has 2 aromatic carbocycles. The van der Waals surface area contributed by atoms with Crippen LogP contribution in [0.1, 0.15) is 15.9 Å². The number of anilines is 1. The predicted molar refractivity (Wildman–Crippen MR) is 76.9 cm³/mol. The second-order valence-corrected chi connectivity index (χ2v) is 4.47. The van der Waals surface area contributed by atoms with Crippen molar-refractivity contribution >= 4 is 23.1 Å². The SMILES string of the molecule is O=C(c1ccccc1)c1cc(Cl)ccc1NCCO. The molecule has 0 unspecified atom stereocenters. The van der Waals surface area contributed by atoms with E-state index in [1.165, 1.54) is 0 Å². The van der Waals surface area contributed by atoms with Gasteiger partial charge in [-0.3, -0.25) is 4.79 Å². The number of carbonyl (C=O) groups is 1. The molecule has 0 aromatic heterocycles. The summed E-state index contributed by atoms with van der Waals surface area (Å²) in [6, 6.07) is 14.1. The monoisotopic (exact) mass is 275 g/mol. The number of carbonyl (C=O) groups excluding carboxylic acids is 1. The minimum absolute atomic E-state index is 0.00158. The van der Waals surface area contributed by atoms with Gasteiger partial charge in [-0.2, -0.15) is 0 Å². The molecule has 0 saturated heterocycles. The van der Waals surface area contributed by atoms with Gasteiger partial charge in [0.05, 0.1) is 6.61 Å². The summed E-state index contributed by atoms with van der Waals surface area (Å²) < 4.78 is 0. The first-order valence-corrected chi connectivity index (χ1v) is 6.34. The van der Waals surface area contributed by atoms with E-state index in [1.54, 1.807) is 30.3 Å². The molecule has 19 heavy (non-hydrogen) atoms. The lowest BCUT2D eigenvalue weighted by Gasteiger charge is -2.11. The van der Waals surface area contributed by atoms with Gasteiger partial charge in [-0.25, -0.2) is 0 Å². The third-order valence-corrected chi connectivity index (χ3v) is 2.92. The van der Waals surface area contributed by atoms with Crippen LogP contribution >= 0.6 is 11.6 Å². The molecule has 0 aliphatic rings. The highest BCUT2D eigenvalue weighted by Crippen LogP contribution is 2.23. The largest absolute Gasteiger partial charge is 0.395 e. The first-order valence-electron chi connectivity index (χ1n) is 5.96. The second kappa shape index (κ2) is 6.36. The Balaban J connectivity index is 2.37. The first kappa shape index (κ1) is 13.6. The van der Waals surface area contributed by atoms with Gasteiger partial charge < -0.3 is 10.4 Å². The van der Waals surface area contributed by atoms with E-state index in [0.717, 1.165) is 0 Å². The molecule has 2 rings (SSSR count). The molecule has 0 aliphatic heterocycles. The molecule has 0 aliphatic carbocycles. The lowest BCUT2D eigenvalue weighted by molar-refractivity contribution is 0.103. The van der Waals surface area contributed by atoms with Crippen molar-refractivity contribution in [3.8, 4) is 0 Å². The second-order valence-electron chi connectivity index (χ2n) is 4.04. The van der Waals surface area contributed by atoms with E-state index in [0.29, 0.717) is 28.4 Å². The van der Waals surface area contributed by atoms with Crippen molar-refractivity contribution in [3.05, 3.63) is 64.7 Å². The number of halogens is 1. The van der Waals surface area contributed by atoms with E-state index in [2.05, 4.69) is 5.32 Å². The topological polar surface area (TPSA) is 49.3 Å². The van der Waals surface area contributed by atoms with Gasteiger partial charge in [0.15, 0.2) is 5.78 Å². The van der Waals surface area contributed by atoms with Gasteiger partial charge >= 0.3 is 0 Å². The first-order chi connectivity index (χ1) is 9.22. The Hall–Kier alpha value is -1.84. The highest BCUT2D eigenvalue weighted by atomic mass is 35.5. The van der Waals surface area contributed by atoms with Crippen LogP contribution in [0, 0.1) is 0 Å². The zero-order valence-electron chi connectivity index (χ0n) is 10.3. The van der Waals surface area contributed by atoms with Crippen molar-refractivity contribution in [1.82, 2.24) is 0 Å². The molecule has 0 spiro atoms. The van der Waals surface area contributed by atoms with Crippen molar-refractivity contribution in [2.45, 2.75) is 0 Å².